The molecule has 104 valence electrons. The van der Waals surface area contributed by atoms with Gasteiger partial charge >= 0.3 is 0 Å². The summed E-state index contributed by atoms with van der Waals surface area (Å²) in [7, 11) is 0. The lowest BCUT2D eigenvalue weighted by Crippen LogP contribution is -2.46. The second-order valence-electron chi connectivity index (χ2n) is 5.19. The minimum atomic E-state index is -0.0984. The molecule has 0 aromatic carbocycles. The molecule has 1 atom stereocenters. The Balaban J connectivity index is 3.91. The standard InChI is InChI=1S/C14H32N2O/c1-5-10-16(11-6-2)12-8-9-14(4,13-17)15-7-3/h15,17H,5-13H2,1-4H3. The van der Waals surface area contributed by atoms with E-state index in [1.807, 2.05) is 0 Å². The van der Waals surface area contributed by atoms with E-state index < -0.39 is 0 Å². The van der Waals surface area contributed by atoms with Gasteiger partial charge in [0.25, 0.3) is 0 Å². The number of rotatable bonds is 11. The fourth-order valence-corrected chi connectivity index (χ4v) is 2.31. The number of hydrogen-bond donors (Lipinski definition) is 2. The molecule has 0 aromatic heterocycles. The topological polar surface area (TPSA) is 35.5 Å². The largest absolute Gasteiger partial charge is 0.394 e. The molecule has 1 unspecified atom stereocenters. The summed E-state index contributed by atoms with van der Waals surface area (Å²) in [5.41, 5.74) is -0.0984. The minimum Gasteiger partial charge on any atom is -0.394 e. The first-order valence-electron chi connectivity index (χ1n) is 7.20. The smallest absolute Gasteiger partial charge is 0.0610 e. The molecule has 0 aliphatic rings. The van der Waals surface area contributed by atoms with Crippen molar-refractivity contribution in [1.82, 2.24) is 10.2 Å². The van der Waals surface area contributed by atoms with Crippen molar-refractivity contribution in [2.24, 2.45) is 0 Å². The van der Waals surface area contributed by atoms with Crippen LogP contribution in [-0.2, 0) is 0 Å². The first-order chi connectivity index (χ1) is 8.11. The van der Waals surface area contributed by atoms with E-state index in [1.54, 1.807) is 0 Å². The van der Waals surface area contributed by atoms with Crippen molar-refractivity contribution in [2.45, 2.75) is 58.9 Å². The van der Waals surface area contributed by atoms with Crippen molar-refractivity contribution < 1.29 is 5.11 Å². The predicted octanol–water partition coefficient (Wildman–Crippen LogP) is 2.25. The maximum atomic E-state index is 9.41. The van der Waals surface area contributed by atoms with Crippen LogP contribution in [0.2, 0.25) is 0 Å². The monoisotopic (exact) mass is 244 g/mol. The summed E-state index contributed by atoms with van der Waals surface area (Å²) in [4.78, 5) is 2.53. The molecule has 0 saturated carbocycles. The van der Waals surface area contributed by atoms with E-state index in [4.69, 9.17) is 0 Å². The number of aliphatic hydroxyl groups is 1. The molecule has 0 aromatic rings. The normalized spacial score (nSPS) is 15.2. The van der Waals surface area contributed by atoms with E-state index >= 15 is 0 Å². The highest BCUT2D eigenvalue weighted by molar-refractivity contribution is 4.81. The fourth-order valence-electron chi connectivity index (χ4n) is 2.31. The molecule has 3 heteroatoms. The molecule has 0 radical (unpaired) electrons. The van der Waals surface area contributed by atoms with E-state index in [9.17, 15) is 5.11 Å². The summed E-state index contributed by atoms with van der Waals surface area (Å²) < 4.78 is 0. The van der Waals surface area contributed by atoms with E-state index in [2.05, 4.69) is 37.9 Å². The van der Waals surface area contributed by atoms with Gasteiger partial charge in [0.1, 0.15) is 0 Å². The van der Waals surface area contributed by atoms with Gasteiger partial charge in [0.15, 0.2) is 0 Å². The van der Waals surface area contributed by atoms with Gasteiger partial charge in [-0.15, -0.1) is 0 Å². The highest BCUT2D eigenvalue weighted by Gasteiger charge is 2.21. The van der Waals surface area contributed by atoms with Crippen molar-refractivity contribution in [1.29, 1.82) is 0 Å². The molecule has 0 amide bonds. The zero-order valence-corrected chi connectivity index (χ0v) is 12.3. The van der Waals surface area contributed by atoms with Crippen LogP contribution in [0.5, 0.6) is 0 Å². The molecule has 2 N–H and O–H groups in total. The van der Waals surface area contributed by atoms with Crippen LogP contribution in [0.15, 0.2) is 0 Å². The van der Waals surface area contributed by atoms with Gasteiger partial charge in [-0.25, -0.2) is 0 Å². The Hall–Kier alpha value is -0.120. The lowest BCUT2D eigenvalue weighted by atomic mass is 9.96. The lowest BCUT2D eigenvalue weighted by Gasteiger charge is -2.30. The number of hydrogen-bond acceptors (Lipinski definition) is 3. The third-order valence-electron chi connectivity index (χ3n) is 3.24. The molecule has 0 bridgehead atoms. The Morgan fingerprint density at radius 2 is 1.65 bits per heavy atom. The summed E-state index contributed by atoms with van der Waals surface area (Å²) >= 11 is 0. The molecule has 0 heterocycles. The average molecular weight is 244 g/mol. The molecule has 0 rings (SSSR count). The van der Waals surface area contributed by atoms with Crippen molar-refractivity contribution in [3.8, 4) is 0 Å². The molecule has 17 heavy (non-hydrogen) atoms. The van der Waals surface area contributed by atoms with Gasteiger partial charge in [0.2, 0.25) is 0 Å². The van der Waals surface area contributed by atoms with Crippen molar-refractivity contribution in [3.63, 3.8) is 0 Å². The van der Waals surface area contributed by atoms with Gasteiger partial charge in [-0.05, 0) is 58.8 Å². The van der Waals surface area contributed by atoms with Crippen molar-refractivity contribution in [2.75, 3.05) is 32.8 Å². The molecular weight excluding hydrogens is 212 g/mol. The third-order valence-corrected chi connectivity index (χ3v) is 3.24. The fraction of sp³-hybridized carbons (Fsp3) is 1.00. The van der Waals surface area contributed by atoms with Crippen LogP contribution in [-0.4, -0.2) is 48.3 Å². The summed E-state index contributed by atoms with van der Waals surface area (Å²) in [6.07, 6.45) is 4.65. The Bertz CT molecular complexity index is 170. The molecule has 0 fully saturated rings. The minimum absolute atomic E-state index is 0.0984. The Kier molecular flexibility index (Phi) is 9.79. The van der Waals surface area contributed by atoms with E-state index in [0.717, 1.165) is 25.9 Å². The zero-order valence-electron chi connectivity index (χ0n) is 12.3. The van der Waals surface area contributed by atoms with Gasteiger partial charge in [0.05, 0.1) is 6.61 Å². The molecule has 3 nitrogen and oxygen atoms in total. The van der Waals surface area contributed by atoms with Crippen molar-refractivity contribution in [3.05, 3.63) is 0 Å². The molecule has 0 saturated heterocycles. The Morgan fingerprint density at radius 3 is 2.06 bits per heavy atom. The number of likely N-dealkylation sites (N-methyl/N-ethyl adjacent to an activating group) is 1. The van der Waals surface area contributed by atoms with Crippen LogP contribution in [0.1, 0.15) is 53.4 Å². The van der Waals surface area contributed by atoms with Crippen LogP contribution in [0, 0.1) is 0 Å². The third kappa shape index (κ3) is 7.74. The van der Waals surface area contributed by atoms with Crippen molar-refractivity contribution >= 4 is 0 Å². The van der Waals surface area contributed by atoms with E-state index in [-0.39, 0.29) is 12.1 Å². The first-order valence-corrected chi connectivity index (χ1v) is 7.20. The number of nitrogens with one attached hydrogen (secondary N) is 1. The summed E-state index contributed by atoms with van der Waals surface area (Å²) in [6, 6.07) is 0. The van der Waals surface area contributed by atoms with E-state index in [0.29, 0.717) is 0 Å². The maximum absolute atomic E-state index is 9.41. The SMILES string of the molecule is CCCN(CCC)CCCC(C)(CO)NCC. The van der Waals surface area contributed by atoms with Gasteiger partial charge in [-0.2, -0.15) is 0 Å². The van der Waals surface area contributed by atoms with Crippen LogP contribution in [0.4, 0.5) is 0 Å². The van der Waals surface area contributed by atoms with Crippen LogP contribution < -0.4 is 5.32 Å². The summed E-state index contributed by atoms with van der Waals surface area (Å²) in [5.74, 6) is 0. The van der Waals surface area contributed by atoms with Gasteiger partial charge in [-0.1, -0.05) is 20.8 Å². The molecular formula is C14H32N2O. The second-order valence-corrected chi connectivity index (χ2v) is 5.19. The summed E-state index contributed by atoms with van der Waals surface area (Å²) in [5, 5.41) is 12.8. The lowest BCUT2D eigenvalue weighted by molar-refractivity contribution is 0.158. The quantitative estimate of drug-likeness (QED) is 0.585. The van der Waals surface area contributed by atoms with Gasteiger partial charge in [-0.3, -0.25) is 0 Å². The molecule has 0 aliphatic heterocycles. The van der Waals surface area contributed by atoms with E-state index in [1.165, 1.54) is 25.9 Å². The number of nitrogens with zero attached hydrogens (tertiary/aromatic N) is 1. The predicted molar refractivity (Wildman–Crippen MR) is 75.4 cm³/mol. The van der Waals surface area contributed by atoms with Crippen LogP contribution in [0.25, 0.3) is 0 Å². The molecule has 0 spiro atoms. The zero-order chi connectivity index (χ0) is 13.1. The Labute approximate surface area is 108 Å². The summed E-state index contributed by atoms with van der Waals surface area (Å²) in [6.45, 7) is 13.4. The van der Waals surface area contributed by atoms with Crippen LogP contribution >= 0.6 is 0 Å². The van der Waals surface area contributed by atoms with Crippen LogP contribution in [0.3, 0.4) is 0 Å². The second kappa shape index (κ2) is 9.86. The average Bonchev–Trinajstić information content (AvgIpc) is 2.30. The number of aliphatic hydroxyl groups excluding tert-OH is 1. The molecule has 0 aliphatic carbocycles. The highest BCUT2D eigenvalue weighted by Crippen LogP contribution is 2.12. The van der Waals surface area contributed by atoms with Gasteiger partial charge in [0, 0.05) is 5.54 Å². The first kappa shape index (κ1) is 16.9. The van der Waals surface area contributed by atoms with Gasteiger partial charge < -0.3 is 15.3 Å². The highest BCUT2D eigenvalue weighted by atomic mass is 16.3. The maximum Gasteiger partial charge on any atom is 0.0610 e. The Morgan fingerprint density at radius 1 is 1.06 bits per heavy atom.